The fourth-order valence-corrected chi connectivity index (χ4v) is 3.42. The molecule has 2 rings (SSSR count). The lowest BCUT2D eigenvalue weighted by Gasteiger charge is -2.16. The summed E-state index contributed by atoms with van der Waals surface area (Å²) in [5, 5.41) is 7.21. The summed E-state index contributed by atoms with van der Waals surface area (Å²) in [4.78, 5) is 21.5. The molecule has 1 heterocycles. The Morgan fingerprint density at radius 2 is 2.13 bits per heavy atom. The Labute approximate surface area is 197 Å². The standard InChI is InChI=1S/C20H27FN4O3S.HI/c1-5-22-20(23-10-11-28-16-9-7-8-15(21)12-16)25-14(4)18-24-13(3)17(29-18)19(26)27-6-2;/h7-9,12,14H,5-6,10-11H2,1-4H3,(H2,22,23,25);1H. The summed E-state index contributed by atoms with van der Waals surface area (Å²) in [7, 11) is 0. The van der Waals surface area contributed by atoms with Gasteiger partial charge in [-0.25, -0.2) is 19.2 Å². The summed E-state index contributed by atoms with van der Waals surface area (Å²) in [6, 6.07) is 5.85. The minimum atomic E-state index is -0.351. The lowest BCUT2D eigenvalue weighted by Crippen LogP contribution is -2.39. The van der Waals surface area contributed by atoms with Crippen LogP contribution in [0.15, 0.2) is 29.3 Å². The molecule has 0 spiro atoms. The summed E-state index contributed by atoms with van der Waals surface area (Å²) in [5.74, 6) is 0.386. The van der Waals surface area contributed by atoms with Gasteiger partial charge in [-0.15, -0.1) is 35.3 Å². The Morgan fingerprint density at radius 3 is 2.80 bits per heavy atom. The molecule has 7 nitrogen and oxygen atoms in total. The van der Waals surface area contributed by atoms with Gasteiger partial charge in [-0.3, -0.25) is 0 Å². The first-order valence-electron chi connectivity index (χ1n) is 9.52. The Kier molecular flexibility index (Phi) is 11.6. The maximum Gasteiger partial charge on any atom is 0.350 e. The van der Waals surface area contributed by atoms with Crippen molar-refractivity contribution in [1.29, 1.82) is 0 Å². The Hall–Kier alpha value is -1.95. The van der Waals surface area contributed by atoms with Gasteiger partial charge in [-0.1, -0.05) is 6.07 Å². The van der Waals surface area contributed by atoms with Crippen molar-refractivity contribution < 1.29 is 18.7 Å². The topological polar surface area (TPSA) is 84.8 Å². The molecule has 1 unspecified atom stereocenters. The molecule has 0 bridgehead atoms. The van der Waals surface area contributed by atoms with Crippen LogP contribution in [0, 0.1) is 12.7 Å². The fraction of sp³-hybridized carbons (Fsp3) is 0.450. The molecule has 0 saturated carbocycles. The first-order valence-corrected chi connectivity index (χ1v) is 10.3. The highest BCUT2D eigenvalue weighted by Crippen LogP contribution is 2.24. The number of carbonyl (C=O) groups excluding carboxylic acids is 1. The lowest BCUT2D eigenvalue weighted by molar-refractivity contribution is 0.0531. The van der Waals surface area contributed by atoms with E-state index in [2.05, 4.69) is 20.6 Å². The number of guanidine groups is 1. The Morgan fingerprint density at radius 1 is 1.37 bits per heavy atom. The van der Waals surface area contributed by atoms with Crippen molar-refractivity contribution >= 4 is 47.2 Å². The van der Waals surface area contributed by atoms with Gasteiger partial charge in [0.05, 0.1) is 24.9 Å². The SMILES string of the molecule is CCNC(=NCCOc1cccc(F)c1)NC(C)c1nc(C)c(C(=O)OCC)s1.I. The molecule has 166 valence electrons. The molecule has 0 aliphatic heterocycles. The van der Waals surface area contributed by atoms with Crippen LogP contribution in [0.3, 0.4) is 0 Å². The second kappa shape index (κ2) is 13.4. The molecular formula is C20H28FIN4O3S. The first-order chi connectivity index (χ1) is 13.9. The number of thiazole rings is 1. The van der Waals surface area contributed by atoms with Gasteiger partial charge in [-0.2, -0.15) is 0 Å². The van der Waals surface area contributed by atoms with Crippen LogP contribution in [0.25, 0.3) is 0 Å². The monoisotopic (exact) mass is 550 g/mol. The minimum absolute atomic E-state index is 0. The van der Waals surface area contributed by atoms with Gasteiger partial charge in [0.1, 0.15) is 28.1 Å². The molecule has 0 aliphatic rings. The molecule has 30 heavy (non-hydrogen) atoms. The number of aromatic nitrogens is 1. The zero-order chi connectivity index (χ0) is 21.2. The van der Waals surface area contributed by atoms with Crippen molar-refractivity contribution in [2.45, 2.75) is 33.7 Å². The largest absolute Gasteiger partial charge is 0.492 e. The molecule has 0 radical (unpaired) electrons. The first kappa shape index (κ1) is 26.1. The zero-order valence-corrected chi connectivity index (χ0v) is 20.7. The molecule has 0 aliphatic carbocycles. The molecule has 1 atom stereocenters. The number of nitrogens with one attached hydrogen (secondary N) is 2. The molecule has 2 N–H and O–H groups in total. The quantitative estimate of drug-likeness (QED) is 0.161. The number of halogens is 2. The van der Waals surface area contributed by atoms with E-state index in [1.54, 1.807) is 26.0 Å². The smallest absolute Gasteiger partial charge is 0.350 e. The summed E-state index contributed by atoms with van der Waals surface area (Å²) < 4.78 is 23.7. The normalized spacial score (nSPS) is 12.0. The third kappa shape index (κ3) is 8.05. The number of benzene rings is 1. The predicted octanol–water partition coefficient (Wildman–Crippen LogP) is 4.08. The lowest BCUT2D eigenvalue weighted by atomic mass is 10.3. The highest BCUT2D eigenvalue weighted by atomic mass is 127. The third-order valence-electron chi connectivity index (χ3n) is 3.77. The molecule has 2 aromatic rings. The van der Waals surface area contributed by atoms with E-state index in [1.165, 1.54) is 23.5 Å². The van der Waals surface area contributed by atoms with Gasteiger partial charge in [-0.05, 0) is 39.8 Å². The number of aliphatic imine (C=N–C) groups is 1. The molecule has 0 amide bonds. The number of hydrogen-bond acceptors (Lipinski definition) is 6. The second-order valence-electron chi connectivity index (χ2n) is 6.12. The van der Waals surface area contributed by atoms with Crippen molar-refractivity contribution in [2.24, 2.45) is 4.99 Å². The minimum Gasteiger partial charge on any atom is -0.492 e. The Bertz CT molecular complexity index is 847. The average Bonchev–Trinajstić information content (AvgIpc) is 3.07. The van der Waals surface area contributed by atoms with Crippen molar-refractivity contribution in [3.05, 3.63) is 45.7 Å². The van der Waals surface area contributed by atoms with E-state index < -0.39 is 0 Å². The number of esters is 1. The highest BCUT2D eigenvalue weighted by Gasteiger charge is 2.20. The molecule has 1 aromatic heterocycles. The molecule has 0 fully saturated rings. The molecule has 0 saturated heterocycles. The van der Waals surface area contributed by atoms with E-state index in [0.717, 1.165) is 5.01 Å². The Balaban J connectivity index is 0.00000450. The van der Waals surface area contributed by atoms with Crippen LogP contribution in [0.2, 0.25) is 0 Å². The van der Waals surface area contributed by atoms with Crippen LogP contribution in [-0.4, -0.2) is 43.2 Å². The van der Waals surface area contributed by atoms with E-state index >= 15 is 0 Å². The van der Waals surface area contributed by atoms with Crippen LogP contribution >= 0.6 is 35.3 Å². The van der Waals surface area contributed by atoms with Gasteiger partial charge >= 0.3 is 5.97 Å². The number of nitrogens with zero attached hydrogens (tertiary/aromatic N) is 2. The fourth-order valence-electron chi connectivity index (χ4n) is 2.45. The van der Waals surface area contributed by atoms with E-state index in [1.807, 2.05) is 13.8 Å². The third-order valence-corrected chi connectivity index (χ3v) is 5.09. The van der Waals surface area contributed by atoms with Crippen LogP contribution in [0.1, 0.15) is 47.2 Å². The van der Waals surface area contributed by atoms with Gasteiger partial charge in [0.15, 0.2) is 5.96 Å². The van der Waals surface area contributed by atoms with E-state index in [4.69, 9.17) is 9.47 Å². The van der Waals surface area contributed by atoms with Crippen LogP contribution in [0.5, 0.6) is 5.75 Å². The van der Waals surface area contributed by atoms with Gasteiger partial charge < -0.3 is 20.1 Å². The highest BCUT2D eigenvalue weighted by molar-refractivity contribution is 14.0. The number of ether oxygens (including phenoxy) is 2. The maximum absolute atomic E-state index is 13.2. The molecule has 10 heteroatoms. The maximum atomic E-state index is 13.2. The molecule has 1 aromatic carbocycles. The van der Waals surface area contributed by atoms with E-state index in [9.17, 15) is 9.18 Å². The summed E-state index contributed by atoms with van der Waals surface area (Å²) in [5.41, 5.74) is 0.655. The van der Waals surface area contributed by atoms with Gasteiger partial charge in [0.25, 0.3) is 0 Å². The van der Waals surface area contributed by atoms with Crippen molar-refractivity contribution in [3.8, 4) is 5.75 Å². The van der Waals surface area contributed by atoms with E-state index in [0.29, 0.717) is 48.6 Å². The van der Waals surface area contributed by atoms with Crippen molar-refractivity contribution in [3.63, 3.8) is 0 Å². The number of aryl methyl sites for hydroxylation is 1. The van der Waals surface area contributed by atoms with Crippen LogP contribution in [-0.2, 0) is 4.74 Å². The number of rotatable bonds is 9. The predicted molar refractivity (Wildman–Crippen MR) is 128 cm³/mol. The summed E-state index contributed by atoms with van der Waals surface area (Å²) in [6.45, 7) is 9.21. The van der Waals surface area contributed by atoms with Gasteiger partial charge in [0, 0.05) is 12.6 Å². The van der Waals surface area contributed by atoms with Crippen molar-refractivity contribution in [1.82, 2.24) is 15.6 Å². The second-order valence-corrected chi connectivity index (χ2v) is 7.15. The van der Waals surface area contributed by atoms with Crippen LogP contribution < -0.4 is 15.4 Å². The van der Waals surface area contributed by atoms with E-state index in [-0.39, 0.29) is 41.8 Å². The van der Waals surface area contributed by atoms with Crippen LogP contribution in [0.4, 0.5) is 4.39 Å². The summed E-state index contributed by atoms with van der Waals surface area (Å²) >= 11 is 1.31. The number of carbonyl (C=O) groups is 1. The van der Waals surface area contributed by atoms with Crippen molar-refractivity contribution in [2.75, 3.05) is 26.3 Å². The molecular weight excluding hydrogens is 522 g/mol. The zero-order valence-electron chi connectivity index (χ0n) is 17.5. The average molecular weight is 550 g/mol. The number of hydrogen-bond donors (Lipinski definition) is 2. The summed E-state index contributed by atoms with van der Waals surface area (Å²) in [6.07, 6.45) is 0. The van der Waals surface area contributed by atoms with Gasteiger partial charge in [0.2, 0.25) is 0 Å².